The average Bonchev–Trinajstić information content (AvgIpc) is 2.92. The van der Waals surface area contributed by atoms with E-state index >= 15 is 0 Å². The number of likely N-dealkylation sites (tertiary alicyclic amines) is 1. The lowest BCUT2D eigenvalue weighted by Gasteiger charge is -2.40. The molecule has 0 bridgehead atoms. The van der Waals surface area contributed by atoms with Crippen LogP contribution >= 0.6 is 0 Å². The molecule has 4 N–H and O–H groups in total. The van der Waals surface area contributed by atoms with Crippen LogP contribution in [-0.2, 0) is 14.4 Å². The number of nitrogens with zero attached hydrogens (tertiary/aromatic N) is 1. The molecule has 3 atom stereocenters. The number of aliphatic hydroxyl groups excluding tert-OH is 1. The van der Waals surface area contributed by atoms with E-state index in [0.717, 1.165) is 50.5 Å². The minimum atomic E-state index is -0.986. The third-order valence-corrected chi connectivity index (χ3v) is 7.60. The van der Waals surface area contributed by atoms with Crippen LogP contribution in [0.4, 0.5) is 0 Å². The lowest BCUT2D eigenvalue weighted by Crippen LogP contribution is -2.57. The van der Waals surface area contributed by atoms with Gasteiger partial charge in [-0.25, -0.2) is 0 Å². The molecule has 2 aliphatic rings. The lowest BCUT2D eigenvalue weighted by molar-refractivity contribution is -0.145. The Morgan fingerprint density at radius 3 is 2.16 bits per heavy atom. The maximum atomic E-state index is 14.3. The highest BCUT2D eigenvalue weighted by molar-refractivity contribution is 5.93. The molecule has 206 valence electrons. The lowest BCUT2D eigenvalue weighted by atomic mass is 9.75. The van der Waals surface area contributed by atoms with Crippen molar-refractivity contribution in [3.05, 3.63) is 17.7 Å². The first-order chi connectivity index (χ1) is 17.9. The number of nitrogens with two attached hydrogens (primary N) is 1. The van der Waals surface area contributed by atoms with Gasteiger partial charge in [-0.15, -0.1) is 0 Å². The van der Waals surface area contributed by atoms with Crippen molar-refractivity contribution in [2.45, 2.75) is 75.8 Å². The number of hydrogen-bond acceptors (Lipinski definition) is 7. The van der Waals surface area contributed by atoms with E-state index in [4.69, 9.17) is 19.9 Å². The molecule has 0 aromatic heterocycles. The smallest absolute Gasteiger partial charge is 0.243 e. The number of aliphatic hydroxyl groups is 1. The highest BCUT2D eigenvalue weighted by Crippen LogP contribution is 2.45. The van der Waals surface area contributed by atoms with Gasteiger partial charge in [-0.05, 0) is 62.1 Å². The fourth-order valence-electron chi connectivity index (χ4n) is 5.69. The van der Waals surface area contributed by atoms with Crippen LogP contribution in [0, 0.1) is 5.92 Å². The minimum absolute atomic E-state index is 0.0257. The summed E-state index contributed by atoms with van der Waals surface area (Å²) in [5.41, 5.74) is 6.19. The van der Waals surface area contributed by atoms with Crippen molar-refractivity contribution in [1.82, 2.24) is 10.2 Å². The predicted molar refractivity (Wildman–Crippen MR) is 138 cm³/mol. The van der Waals surface area contributed by atoms with Gasteiger partial charge in [-0.1, -0.05) is 19.3 Å². The van der Waals surface area contributed by atoms with Crippen molar-refractivity contribution >= 4 is 17.7 Å². The normalized spacial score (nSPS) is 20.0. The molecular formula is C27H41N3O7. The second kappa shape index (κ2) is 13.5. The number of carbonyl (C=O) groups excluding carboxylic acids is 3. The summed E-state index contributed by atoms with van der Waals surface area (Å²) in [4.78, 5) is 41.0. The van der Waals surface area contributed by atoms with Crippen LogP contribution in [0.5, 0.6) is 17.2 Å². The summed E-state index contributed by atoms with van der Waals surface area (Å²) in [6.45, 7) is 0.165. The van der Waals surface area contributed by atoms with Crippen LogP contribution in [0.3, 0.4) is 0 Å². The predicted octanol–water partition coefficient (Wildman–Crippen LogP) is 2.11. The summed E-state index contributed by atoms with van der Waals surface area (Å²) in [6.07, 6.45) is 7.16. The van der Waals surface area contributed by atoms with Crippen LogP contribution in [0.1, 0.15) is 69.3 Å². The molecule has 1 heterocycles. The van der Waals surface area contributed by atoms with Crippen molar-refractivity contribution in [1.29, 1.82) is 0 Å². The first-order valence-electron chi connectivity index (χ1n) is 13.2. The molecule has 0 radical (unpaired) electrons. The Bertz CT molecular complexity index is 923. The van der Waals surface area contributed by atoms with Gasteiger partial charge in [0, 0.05) is 13.2 Å². The number of methoxy groups -OCH3 is 3. The average molecular weight is 520 g/mol. The third kappa shape index (κ3) is 6.66. The number of amides is 3. The van der Waals surface area contributed by atoms with Gasteiger partial charge in [-0.2, -0.15) is 0 Å². The van der Waals surface area contributed by atoms with Crippen LogP contribution in [0.25, 0.3) is 0 Å². The van der Waals surface area contributed by atoms with Gasteiger partial charge in [0.2, 0.25) is 23.5 Å². The molecule has 3 rings (SSSR count). The van der Waals surface area contributed by atoms with E-state index in [2.05, 4.69) is 5.32 Å². The Morgan fingerprint density at radius 2 is 1.62 bits per heavy atom. The Balaban J connectivity index is 1.98. The van der Waals surface area contributed by atoms with Gasteiger partial charge in [0.1, 0.15) is 12.1 Å². The van der Waals surface area contributed by atoms with Gasteiger partial charge in [0.15, 0.2) is 11.5 Å². The Kier molecular flexibility index (Phi) is 10.4. The maximum Gasteiger partial charge on any atom is 0.243 e. The summed E-state index contributed by atoms with van der Waals surface area (Å²) in [6, 6.07) is 1.97. The fourth-order valence-corrected chi connectivity index (χ4v) is 5.69. The van der Waals surface area contributed by atoms with E-state index in [0.29, 0.717) is 30.2 Å². The first kappa shape index (κ1) is 28.6. The van der Waals surface area contributed by atoms with Crippen molar-refractivity contribution in [3.63, 3.8) is 0 Å². The van der Waals surface area contributed by atoms with Crippen molar-refractivity contribution < 1.29 is 33.7 Å². The van der Waals surface area contributed by atoms with Crippen molar-refractivity contribution in [2.75, 3.05) is 34.5 Å². The number of hydrogen-bond donors (Lipinski definition) is 3. The van der Waals surface area contributed by atoms with Crippen molar-refractivity contribution in [3.8, 4) is 17.2 Å². The molecule has 1 saturated heterocycles. The van der Waals surface area contributed by atoms with Crippen LogP contribution in [0.2, 0.25) is 0 Å². The van der Waals surface area contributed by atoms with Gasteiger partial charge in [-0.3, -0.25) is 14.4 Å². The molecule has 1 aromatic carbocycles. The van der Waals surface area contributed by atoms with Gasteiger partial charge >= 0.3 is 0 Å². The molecule has 2 fully saturated rings. The van der Waals surface area contributed by atoms with E-state index in [1.165, 1.54) is 7.11 Å². The zero-order valence-corrected chi connectivity index (χ0v) is 22.2. The first-order valence-corrected chi connectivity index (χ1v) is 13.2. The van der Waals surface area contributed by atoms with Crippen LogP contribution in [-0.4, -0.2) is 74.3 Å². The van der Waals surface area contributed by atoms with E-state index in [1.807, 2.05) is 12.1 Å². The maximum absolute atomic E-state index is 14.3. The molecule has 0 spiro atoms. The minimum Gasteiger partial charge on any atom is -0.493 e. The number of ether oxygens (including phenoxy) is 3. The summed E-state index contributed by atoms with van der Waals surface area (Å²) in [5, 5.41) is 11.9. The zero-order valence-electron chi connectivity index (χ0n) is 22.2. The number of carbonyl (C=O) groups is 3. The molecule has 1 aromatic rings. The van der Waals surface area contributed by atoms with Crippen LogP contribution in [0.15, 0.2) is 12.1 Å². The highest BCUT2D eigenvalue weighted by atomic mass is 16.5. The Labute approximate surface area is 218 Å². The summed E-state index contributed by atoms with van der Waals surface area (Å²) < 4.78 is 16.6. The monoisotopic (exact) mass is 519 g/mol. The number of rotatable bonds is 11. The summed E-state index contributed by atoms with van der Waals surface area (Å²) in [5.74, 6) is -0.196. The van der Waals surface area contributed by atoms with E-state index in [-0.39, 0.29) is 24.9 Å². The Morgan fingerprint density at radius 1 is 1.00 bits per heavy atom. The molecular weight excluding hydrogens is 478 g/mol. The summed E-state index contributed by atoms with van der Waals surface area (Å²) in [7, 11) is 4.63. The zero-order chi connectivity index (χ0) is 26.9. The van der Waals surface area contributed by atoms with E-state index in [9.17, 15) is 19.5 Å². The van der Waals surface area contributed by atoms with Gasteiger partial charge in [0.05, 0.1) is 27.2 Å². The molecule has 10 heteroatoms. The standard InChI is InChI=1S/C27H41N3O7/c1-35-21-15-18(16-22(36-2)24(21)37-3)23(17-9-5-4-6-10-17)27(34)30-13-8-7-11-20(30)26(33)29-19(12-14-31)25(28)32/h15-17,19-20,23,31H,4-14H2,1-3H3,(H2,28,32)(H,29,33)/t19-,20+,23?/m1/s1. The quantitative estimate of drug-likeness (QED) is 0.407. The fraction of sp³-hybridized carbons (Fsp3) is 0.667. The second-order valence-corrected chi connectivity index (χ2v) is 9.85. The number of primary amides is 1. The number of benzene rings is 1. The molecule has 1 aliphatic carbocycles. The molecule has 1 unspecified atom stereocenters. The second-order valence-electron chi connectivity index (χ2n) is 9.85. The van der Waals surface area contributed by atoms with Crippen LogP contribution < -0.4 is 25.3 Å². The van der Waals surface area contributed by atoms with E-state index in [1.54, 1.807) is 19.1 Å². The topological polar surface area (TPSA) is 140 Å². The van der Waals surface area contributed by atoms with Crippen molar-refractivity contribution in [2.24, 2.45) is 11.7 Å². The molecule has 3 amide bonds. The number of nitrogens with one attached hydrogen (secondary N) is 1. The van der Waals surface area contributed by atoms with E-state index < -0.39 is 29.8 Å². The molecule has 1 aliphatic heterocycles. The largest absolute Gasteiger partial charge is 0.493 e. The molecule has 1 saturated carbocycles. The SMILES string of the molecule is COc1cc(C(C(=O)N2CCCC[C@H]2C(=O)N[C@H](CCO)C(N)=O)C2CCCCC2)cc(OC)c1OC. The third-order valence-electron chi connectivity index (χ3n) is 7.60. The molecule has 10 nitrogen and oxygen atoms in total. The highest BCUT2D eigenvalue weighted by Gasteiger charge is 2.40. The van der Waals surface area contributed by atoms with Gasteiger partial charge < -0.3 is 35.3 Å². The van der Waals surface area contributed by atoms with Gasteiger partial charge in [0.25, 0.3) is 0 Å². The summed E-state index contributed by atoms with van der Waals surface area (Å²) >= 11 is 0. The number of piperidine rings is 1. The molecule has 37 heavy (non-hydrogen) atoms. The Hall–Kier alpha value is -3.01.